The van der Waals surface area contributed by atoms with E-state index in [1.54, 1.807) is 18.0 Å². The first-order chi connectivity index (χ1) is 9.45. The molecule has 1 N–H and O–H groups in total. The number of amides is 1. The lowest BCUT2D eigenvalue weighted by Crippen LogP contribution is -2.33. The number of nitrogens with zero attached hydrogens (tertiary/aromatic N) is 2. The van der Waals surface area contributed by atoms with E-state index in [2.05, 4.69) is 11.1 Å². The largest absolute Gasteiger partial charge is 0.346 e. The molecule has 1 aliphatic rings. The second kappa shape index (κ2) is 3.97. The van der Waals surface area contributed by atoms with Crippen molar-refractivity contribution in [1.29, 1.82) is 5.26 Å². The van der Waals surface area contributed by atoms with E-state index < -0.39 is 5.41 Å². The van der Waals surface area contributed by atoms with Gasteiger partial charge in [0.1, 0.15) is 11.8 Å². The Morgan fingerprint density at radius 2 is 2.00 bits per heavy atom. The first-order valence-electron chi connectivity index (χ1n) is 6.47. The van der Waals surface area contributed by atoms with Gasteiger partial charge in [-0.2, -0.15) is 5.26 Å². The van der Waals surface area contributed by atoms with Crippen molar-refractivity contribution >= 4 is 11.6 Å². The number of fused-ring (bicyclic) bond motifs is 1. The number of anilines is 1. The molecule has 4 nitrogen and oxygen atoms in total. The standard InChI is InChI=1S/C16H15N3O/c1-16(2)12-8-10(13-6-5-11(9-17)18-13)4-7-14(12)19(3)15(16)20/h4-8,18H,1-3H3. The van der Waals surface area contributed by atoms with Gasteiger partial charge in [-0.1, -0.05) is 6.07 Å². The normalized spacial score (nSPS) is 16.1. The van der Waals surface area contributed by atoms with Crippen LogP contribution in [0, 0.1) is 11.3 Å². The minimum atomic E-state index is -0.509. The SMILES string of the molecule is CN1C(=O)C(C)(C)c2cc(-c3ccc(C#N)[nH]3)ccc21. The third-order valence-electron chi connectivity index (χ3n) is 3.99. The van der Waals surface area contributed by atoms with Crippen LogP contribution in [0.15, 0.2) is 30.3 Å². The van der Waals surface area contributed by atoms with Gasteiger partial charge in [0.05, 0.1) is 5.41 Å². The number of nitriles is 1. The van der Waals surface area contributed by atoms with E-state index in [0.717, 1.165) is 22.5 Å². The quantitative estimate of drug-likeness (QED) is 0.861. The van der Waals surface area contributed by atoms with Crippen LogP contribution in [0.1, 0.15) is 25.1 Å². The number of aromatic amines is 1. The van der Waals surface area contributed by atoms with E-state index in [1.165, 1.54) is 0 Å². The molecule has 1 amide bonds. The molecule has 100 valence electrons. The van der Waals surface area contributed by atoms with Crippen molar-refractivity contribution < 1.29 is 4.79 Å². The summed E-state index contributed by atoms with van der Waals surface area (Å²) < 4.78 is 0. The van der Waals surface area contributed by atoms with Gasteiger partial charge in [-0.25, -0.2) is 0 Å². The van der Waals surface area contributed by atoms with Crippen LogP contribution in [-0.4, -0.2) is 17.9 Å². The molecule has 2 heterocycles. The van der Waals surface area contributed by atoms with Crippen LogP contribution in [0.4, 0.5) is 5.69 Å². The summed E-state index contributed by atoms with van der Waals surface area (Å²) in [7, 11) is 1.80. The van der Waals surface area contributed by atoms with E-state index in [-0.39, 0.29) is 5.91 Å². The summed E-state index contributed by atoms with van der Waals surface area (Å²) in [5, 5.41) is 8.87. The highest BCUT2D eigenvalue weighted by molar-refractivity contribution is 6.07. The predicted octanol–water partition coefficient (Wildman–Crippen LogP) is 2.81. The van der Waals surface area contributed by atoms with Crippen molar-refractivity contribution in [2.75, 3.05) is 11.9 Å². The molecule has 0 saturated carbocycles. The van der Waals surface area contributed by atoms with E-state index in [9.17, 15) is 4.79 Å². The molecule has 0 spiro atoms. The van der Waals surface area contributed by atoms with E-state index in [4.69, 9.17) is 5.26 Å². The molecule has 1 aliphatic heterocycles. The van der Waals surface area contributed by atoms with Crippen LogP contribution in [0.25, 0.3) is 11.3 Å². The Hall–Kier alpha value is -2.54. The maximum Gasteiger partial charge on any atom is 0.236 e. The van der Waals surface area contributed by atoms with E-state index in [1.807, 2.05) is 38.1 Å². The van der Waals surface area contributed by atoms with Crippen molar-refractivity contribution in [3.63, 3.8) is 0 Å². The molecular weight excluding hydrogens is 250 g/mol. The lowest BCUT2D eigenvalue weighted by molar-refractivity contribution is -0.121. The fourth-order valence-electron chi connectivity index (χ4n) is 2.77. The number of nitrogens with one attached hydrogen (secondary N) is 1. The minimum absolute atomic E-state index is 0.105. The van der Waals surface area contributed by atoms with Crippen molar-refractivity contribution in [2.24, 2.45) is 0 Å². The average Bonchev–Trinajstić information content (AvgIpc) is 2.99. The number of carbonyl (C=O) groups excluding carboxylic acids is 1. The van der Waals surface area contributed by atoms with Gasteiger partial charge in [-0.15, -0.1) is 0 Å². The zero-order valence-electron chi connectivity index (χ0n) is 11.7. The fourth-order valence-corrected chi connectivity index (χ4v) is 2.77. The fraction of sp³-hybridized carbons (Fsp3) is 0.250. The maximum atomic E-state index is 12.3. The third kappa shape index (κ3) is 1.56. The summed E-state index contributed by atoms with van der Waals surface area (Å²) in [4.78, 5) is 17.0. The minimum Gasteiger partial charge on any atom is -0.346 e. The number of hydrogen-bond donors (Lipinski definition) is 1. The zero-order valence-corrected chi connectivity index (χ0v) is 11.7. The average molecular weight is 265 g/mol. The number of rotatable bonds is 1. The lowest BCUT2D eigenvalue weighted by Gasteiger charge is -2.16. The second-order valence-electron chi connectivity index (χ2n) is 5.62. The number of carbonyl (C=O) groups is 1. The molecule has 0 bridgehead atoms. The van der Waals surface area contributed by atoms with E-state index >= 15 is 0 Å². The van der Waals surface area contributed by atoms with Gasteiger partial charge in [0.2, 0.25) is 5.91 Å². The van der Waals surface area contributed by atoms with Crippen LogP contribution in [0.2, 0.25) is 0 Å². The first kappa shape index (κ1) is 12.5. The monoisotopic (exact) mass is 265 g/mol. The summed E-state index contributed by atoms with van der Waals surface area (Å²) >= 11 is 0. The van der Waals surface area contributed by atoms with Gasteiger partial charge < -0.3 is 9.88 Å². The Bertz CT molecular complexity index is 749. The highest BCUT2D eigenvalue weighted by Gasteiger charge is 2.42. The van der Waals surface area contributed by atoms with Crippen molar-refractivity contribution in [2.45, 2.75) is 19.3 Å². The molecule has 1 aromatic heterocycles. The lowest BCUT2D eigenvalue weighted by atomic mass is 9.85. The summed E-state index contributed by atoms with van der Waals surface area (Å²) in [5.74, 6) is 0.105. The Morgan fingerprint density at radius 1 is 1.25 bits per heavy atom. The van der Waals surface area contributed by atoms with Crippen molar-refractivity contribution in [3.8, 4) is 17.3 Å². The third-order valence-corrected chi connectivity index (χ3v) is 3.99. The van der Waals surface area contributed by atoms with Gasteiger partial charge in [-0.05, 0) is 49.2 Å². The molecule has 0 fully saturated rings. The highest BCUT2D eigenvalue weighted by Crippen LogP contribution is 2.42. The van der Waals surface area contributed by atoms with Gasteiger partial charge in [0.15, 0.2) is 0 Å². The van der Waals surface area contributed by atoms with Crippen LogP contribution in [-0.2, 0) is 10.2 Å². The van der Waals surface area contributed by atoms with Gasteiger partial charge >= 0.3 is 0 Å². The maximum absolute atomic E-state index is 12.3. The predicted molar refractivity (Wildman–Crippen MR) is 77.4 cm³/mol. The van der Waals surface area contributed by atoms with Crippen LogP contribution < -0.4 is 4.90 Å². The Labute approximate surface area is 117 Å². The molecule has 3 rings (SSSR count). The molecule has 0 atom stereocenters. The molecule has 0 aliphatic carbocycles. The number of hydrogen-bond acceptors (Lipinski definition) is 2. The van der Waals surface area contributed by atoms with Crippen LogP contribution >= 0.6 is 0 Å². The van der Waals surface area contributed by atoms with Gasteiger partial charge in [0, 0.05) is 18.4 Å². The second-order valence-corrected chi connectivity index (χ2v) is 5.62. The smallest absolute Gasteiger partial charge is 0.236 e. The Morgan fingerprint density at radius 3 is 2.65 bits per heavy atom. The zero-order chi connectivity index (χ0) is 14.5. The number of likely N-dealkylation sites (N-methyl/N-ethyl adjacent to an activating group) is 1. The first-order valence-corrected chi connectivity index (χ1v) is 6.47. The van der Waals surface area contributed by atoms with Gasteiger partial charge in [0.25, 0.3) is 0 Å². The summed E-state index contributed by atoms with van der Waals surface area (Å²) in [5.41, 5.74) is 3.88. The molecule has 0 unspecified atom stereocenters. The van der Waals surface area contributed by atoms with Crippen molar-refractivity contribution in [3.05, 3.63) is 41.6 Å². The number of aromatic nitrogens is 1. The number of H-pyrrole nitrogens is 1. The molecule has 2 aromatic rings. The molecule has 4 heteroatoms. The summed E-state index contributed by atoms with van der Waals surface area (Å²) in [6.07, 6.45) is 0. The topological polar surface area (TPSA) is 59.9 Å². The van der Waals surface area contributed by atoms with Crippen LogP contribution in [0.5, 0.6) is 0 Å². The highest BCUT2D eigenvalue weighted by atomic mass is 16.2. The molecule has 0 saturated heterocycles. The number of benzene rings is 1. The van der Waals surface area contributed by atoms with Crippen LogP contribution in [0.3, 0.4) is 0 Å². The Balaban J connectivity index is 2.13. The Kier molecular flexibility index (Phi) is 2.48. The van der Waals surface area contributed by atoms with Crippen molar-refractivity contribution in [1.82, 2.24) is 4.98 Å². The van der Waals surface area contributed by atoms with E-state index in [0.29, 0.717) is 5.69 Å². The van der Waals surface area contributed by atoms with Gasteiger partial charge in [-0.3, -0.25) is 4.79 Å². The molecule has 20 heavy (non-hydrogen) atoms. The molecular formula is C16H15N3O. The molecule has 0 radical (unpaired) electrons. The molecule has 1 aromatic carbocycles. The summed E-state index contributed by atoms with van der Waals surface area (Å²) in [6.45, 7) is 3.88. The summed E-state index contributed by atoms with van der Waals surface area (Å²) in [6, 6.07) is 11.7.